The first kappa shape index (κ1) is 17.8. The number of thioether (sulfide) groups is 1. The van der Waals surface area contributed by atoms with Crippen LogP contribution in [0.1, 0.15) is 6.42 Å². The summed E-state index contributed by atoms with van der Waals surface area (Å²) in [5.74, 6) is -1.35. The number of hydrogen-bond acceptors (Lipinski definition) is 5. The van der Waals surface area contributed by atoms with E-state index in [1.807, 2.05) is 42.5 Å². The Hall–Kier alpha value is -2.06. The van der Waals surface area contributed by atoms with Crippen molar-refractivity contribution in [2.75, 3.05) is 17.3 Å². The summed E-state index contributed by atoms with van der Waals surface area (Å²) >= 11 is 1.37. The van der Waals surface area contributed by atoms with Crippen LogP contribution in [0.25, 0.3) is 10.8 Å². The maximum atomic E-state index is 11.9. The van der Waals surface area contributed by atoms with Gasteiger partial charge in [-0.05, 0) is 29.3 Å². The number of carbonyl (C=O) groups is 2. The van der Waals surface area contributed by atoms with Crippen LogP contribution in [0, 0.1) is 5.92 Å². The summed E-state index contributed by atoms with van der Waals surface area (Å²) in [7, 11) is -3.12. The number of carbonyl (C=O) groups excluding carboxylic acids is 2. The van der Waals surface area contributed by atoms with Gasteiger partial charge in [-0.1, -0.05) is 30.3 Å². The van der Waals surface area contributed by atoms with Crippen molar-refractivity contribution in [2.45, 2.75) is 11.3 Å². The molecule has 0 bridgehead atoms. The molecule has 1 heterocycles. The summed E-state index contributed by atoms with van der Waals surface area (Å²) in [5, 5.41) is 2.23. The lowest BCUT2D eigenvalue weighted by atomic mass is 10.1. The van der Waals surface area contributed by atoms with Gasteiger partial charge in [0.15, 0.2) is 9.84 Å². The van der Waals surface area contributed by atoms with Gasteiger partial charge in [0.25, 0.3) is 0 Å². The predicted octanol–water partition coefficient (Wildman–Crippen LogP) is 1.51. The quantitative estimate of drug-likeness (QED) is 0.622. The Kier molecular flexibility index (Phi) is 5.29. The predicted molar refractivity (Wildman–Crippen MR) is 97.7 cm³/mol. The first-order valence-corrected chi connectivity index (χ1v) is 10.6. The lowest BCUT2D eigenvalue weighted by Gasteiger charge is -2.10. The van der Waals surface area contributed by atoms with Gasteiger partial charge in [0.2, 0.25) is 11.8 Å². The molecule has 8 heteroatoms. The molecule has 1 saturated heterocycles. The number of nitrogens with one attached hydrogen (secondary N) is 2. The molecule has 2 N–H and O–H groups in total. The van der Waals surface area contributed by atoms with Gasteiger partial charge in [-0.15, -0.1) is 11.8 Å². The van der Waals surface area contributed by atoms with E-state index in [4.69, 9.17) is 0 Å². The SMILES string of the molecule is O=C(CSc1ccc2ccccc2c1)NNC(=O)[C@H]1CCS(=O)(=O)C1. The van der Waals surface area contributed by atoms with E-state index >= 15 is 0 Å². The highest BCUT2D eigenvalue weighted by atomic mass is 32.2. The molecule has 2 amide bonds. The Morgan fingerprint density at radius 1 is 1.08 bits per heavy atom. The molecule has 0 aliphatic carbocycles. The zero-order chi connectivity index (χ0) is 17.9. The average Bonchev–Trinajstić information content (AvgIpc) is 2.97. The first-order valence-electron chi connectivity index (χ1n) is 7.84. The van der Waals surface area contributed by atoms with Gasteiger partial charge in [-0.3, -0.25) is 20.4 Å². The Bertz CT molecular complexity index is 912. The van der Waals surface area contributed by atoms with Crippen molar-refractivity contribution in [3.05, 3.63) is 42.5 Å². The smallest absolute Gasteiger partial charge is 0.248 e. The van der Waals surface area contributed by atoms with Crippen LogP contribution in [0.4, 0.5) is 0 Å². The van der Waals surface area contributed by atoms with Crippen LogP contribution in [0.2, 0.25) is 0 Å². The normalized spacial score (nSPS) is 18.8. The second kappa shape index (κ2) is 7.45. The van der Waals surface area contributed by atoms with Crippen molar-refractivity contribution >= 4 is 44.2 Å². The summed E-state index contributed by atoms with van der Waals surface area (Å²) in [5.41, 5.74) is 4.65. The van der Waals surface area contributed by atoms with Gasteiger partial charge in [0.05, 0.1) is 23.2 Å². The molecule has 1 aliphatic rings. The molecule has 2 aromatic carbocycles. The zero-order valence-corrected chi connectivity index (χ0v) is 15.0. The van der Waals surface area contributed by atoms with Crippen molar-refractivity contribution < 1.29 is 18.0 Å². The largest absolute Gasteiger partial charge is 0.273 e. The van der Waals surface area contributed by atoms with Crippen molar-refractivity contribution in [3.63, 3.8) is 0 Å². The van der Waals surface area contributed by atoms with Gasteiger partial charge in [-0.2, -0.15) is 0 Å². The molecule has 0 unspecified atom stereocenters. The summed E-state index contributed by atoms with van der Waals surface area (Å²) in [6.07, 6.45) is 0.301. The molecule has 3 rings (SSSR count). The summed E-state index contributed by atoms with van der Waals surface area (Å²) < 4.78 is 22.7. The van der Waals surface area contributed by atoms with Crippen molar-refractivity contribution in [1.82, 2.24) is 10.9 Å². The summed E-state index contributed by atoms with van der Waals surface area (Å²) in [4.78, 5) is 24.7. The van der Waals surface area contributed by atoms with E-state index < -0.39 is 21.7 Å². The van der Waals surface area contributed by atoms with E-state index in [1.165, 1.54) is 11.8 Å². The number of hydrazine groups is 1. The summed E-state index contributed by atoms with van der Waals surface area (Å²) in [6.45, 7) is 0. The Morgan fingerprint density at radius 2 is 1.84 bits per heavy atom. The molecule has 1 atom stereocenters. The maximum Gasteiger partial charge on any atom is 0.248 e. The summed E-state index contributed by atoms with van der Waals surface area (Å²) in [6, 6.07) is 13.9. The van der Waals surface area contributed by atoms with Crippen LogP contribution in [0.15, 0.2) is 47.4 Å². The highest BCUT2D eigenvalue weighted by Gasteiger charge is 2.33. The van der Waals surface area contributed by atoms with Crippen LogP contribution < -0.4 is 10.9 Å². The fraction of sp³-hybridized carbons (Fsp3) is 0.294. The zero-order valence-electron chi connectivity index (χ0n) is 13.4. The number of amides is 2. The molecule has 0 radical (unpaired) electrons. The van der Waals surface area contributed by atoms with E-state index in [0.717, 1.165) is 15.7 Å². The topological polar surface area (TPSA) is 92.3 Å². The molecule has 0 saturated carbocycles. The second-order valence-electron chi connectivity index (χ2n) is 5.94. The van der Waals surface area contributed by atoms with Gasteiger partial charge in [0.1, 0.15) is 0 Å². The molecule has 1 aliphatic heterocycles. The number of rotatable bonds is 4. The maximum absolute atomic E-state index is 11.9. The molecular formula is C17H18N2O4S2. The van der Waals surface area contributed by atoms with Crippen LogP contribution in [-0.2, 0) is 19.4 Å². The highest BCUT2D eigenvalue weighted by molar-refractivity contribution is 8.00. The van der Waals surface area contributed by atoms with E-state index in [1.54, 1.807) is 0 Å². The monoisotopic (exact) mass is 378 g/mol. The van der Waals surface area contributed by atoms with Crippen molar-refractivity contribution in [1.29, 1.82) is 0 Å². The van der Waals surface area contributed by atoms with Gasteiger partial charge >= 0.3 is 0 Å². The molecule has 132 valence electrons. The third kappa shape index (κ3) is 4.73. The lowest BCUT2D eigenvalue weighted by Crippen LogP contribution is -2.45. The lowest BCUT2D eigenvalue weighted by molar-refractivity contribution is -0.129. The van der Waals surface area contributed by atoms with Crippen LogP contribution >= 0.6 is 11.8 Å². The number of sulfone groups is 1. The van der Waals surface area contributed by atoms with Crippen LogP contribution in [0.5, 0.6) is 0 Å². The molecular weight excluding hydrogens is 360 g/mol. The molecule has 25 heavy (non-hydrogen) atoms. The Labute approximate surface area is 150 Å². The van der Waals surface area contributed by atoms with Gasteiger partial charge in [-0.25, -0.2) is 8.42 Å². The van der Waals surface area contributed by atoms with Crippen molar-refractivity contribution in [3.8, 4) is 0 Å². The molecule has 6 nitrogen and oxygen atoms in total. The van der Waals surface area contributed by atoms with Crippen molar-refractivity contribution in [2.24, 2.45) is 5.92 Å². The average molecular weight is 378 g/mol. The highest BCUT2D eigenvalue weighted by Crippen LogP contribution is 2.23. The second-order valence-corrected chi connectivity index (χ2v) is 9.21. The fourth-order valence-corrected chi connectivity index (χ4v) is 5.16. The fourth-order valence-electron chi connectivity index (χ4n) is 2.68. The minimum atomic E-state index is -3.12. The molecule has 1 fully saturated rings. The standard InChI is InChI=1S/C17H18N2O4S2/c20-16(18-19-17(21)14-7-8-25(22,23)11-14)10-24-15-6-5-12-3-1-2-4-13(12)9-15/h1-6,9,14H,7-8,10-11H2,(H,18,20)(H,19,21)/t14-/m0/s1. The third-order valence-electron chi connectivity index (χ3n) is 4.02. The van der Waals surface area contributed by atoms with Crippen LogP contribution in [-0.4, -0.2) is 37.5 Å². The van der Waals surface area contributed by atoms with Gasteiger partial charge in [0, 0.05) is 4.90 Å². The number of fused-ring (bicyclic) bond motifs is 1. The molecule has 0 aromatic heterocycles. The van der Waals surface area contributed by atoms with E-state index in [9.17, 15) is 18.0 Å². The van der Waals surface area contributed by atoms with E-state index in [-0.39, 0.29) is 23.2 Å². The Balaban J connectivity index is 1.47. The van der Waals surface area contributed by atoms with Crippen LogP contribution in [0.3, 0.4) is 0 Å². The van der Waals surface area contributed by atoms with Gasteiger partial charge < -0.3 is 0 Å². The molecule has 0 spiro atoms. The Morgan fingerprint density at radius 3 is 2.56 bits per heavy atom. The first-order chi connectivity index (χ1) is 11.9. The minimum Gasteiger partial charge on any atom is -0.273 e. The van der Waals surface area contributed by atoms with E-state index in [0.29, 0.717) is 6.42 Å². The number of hydrogen-bond donors (Lipinski definition) is 2. The number of benzene rings is 2. The minimum absolute atomic E-state index is 0.0247. The third-order valence-corrected chi connectivity index (χ3v) is 6.78. The molecule has 2 aromatic rings. The van der Waals surface area contributed by atoms with E-state index in [2.05, 4.69) is 10.9 Å².